The number of aryl methyl sites for hydroxylation is 1. The molecule has 2 aromatic rings. The number of rotatable bonds is 4. The first kappa shape index (κ1) is 15.3. The summed E-state index contributed by atoms with van der Waals surface area (Å²) >= 11 is 13.7. The number of carbonyl (C=O) groups is 1. The van der Waals surface area contributed by atoms with Crippen LogP contribution in [0, 0.1) is 6.92 Å². The van der Waals surface area contributed by atoms with Crippen LogP contribution in [0.4, 0.5) is 0 Å². The number of carbonyl (C=O) groups excluding carboxylic acids is 1. The highest BCUT2D eigenvalue weighted by Crippen LogP contribution is 2.29. The van der Waals surface area contributed by atoms with Gasteiger partial charge in [0, 0.05) is 21.3 Å². The number of benzene rings is 1. The smallest absolute Gasteiger partial charge is 0.358 e. The molecule has 106 valence electrons. The monoisotopic (exact) mass is 329 g/mol. The van der Waals surface area contributed by atoms with Gasteiger partial charge in [0.2, 0.25) is 0 Å². The van der Waals surface area contributed by atoms with Crippen molar-refractivity contribution >= 4 is 40.5 Å². The first-order valence-corrected chi connectivity index (χ1v) is 7.66. The van der Waals surface area contributed by atoms with Crippen LogP contribution >= 0.6 is 34.5 Å². The normalized spacial score (nSPS) is 10.6. The summed E-state index contributed by atoms with van der Waals surface area (Å²) in [6.07, 6.45) is 0.503. The van der Waals surface area contributed by atoms with Crippen molar-refractivity contribution in [3.63, 3.8) is 0 Å². The van der Waals surface area contributed by atoms with Gasteiger partial charge in [-0.25, -0.2) is 9.78 Å². The molecular formula is C14H13Cl2NO2S. The highest BCUT2D eigenvalue weighted by Gasteiger charge is 2.17. The van der Waals surface area contributed by atoms with E-state index in [1.807, 2.05) is 6.92 Å². The maximum absolute atomic E-state index is 11.7. The average Bonchev–Trinajstić information content (AvgIpc) is 2.75. The van der Waals surface area contributed by atoms with E-state index < -0.39 is 5.97 Å². The fourth-order valence-electron chi connectivity index (χ4n) is 1.77. The molecule has 1 aromatic carbocycles. The molecule has 0 aliphatic heterocycles. The standard InChI is InChI=1S/C14H13Cl2NO2S/c1-3-19-14(18)13-8(2)20-12(17-13)7-9-10(15)5-4-6-11(9)16/h4-6H,3,7H2,1-2H3. The minimum absolute atomic E-state index is 0.335. The van der Waals surface area contributed by atoms with Crippen LogP contribution in [-0.4, -0.2) is 17.6 Å². The van der Waals surface area contributed by atoms with Gasteiger partial charge in [-0.2, -0.15) is 0 Å². The quantitative estimate of drug-likeness (QED) is 0.774. The van der Waals surface area contributed by atoms with Gasteiger partial charge < -0.3 is 4.74 Å². The summed E-state index contributed by atoms with van der Waals surface area (Å²) in [4.78, 5) is 16.9. The molecule has 0 saturated carbocycles. The molecule has 0 bridgehead atoms. The average molecular weight is 330 g/mol. The number of halogens is 2. The van der Waals surface area contributed by atoms with Gasteiger partial charge in [0.25, 0.3) is 0 Å². The van der Waals surface area contributed by atoms with E-state index >= 15 is 0 Å². The van der Waals surface area contributed by atoms with Crippen molar-refractivity contribution in [2.75, 3.05) is 6.61 Å². The van der Waals surface area contributed by atoms with Crippen molar-refractivity contribution in [3.8, 4) is 0 Å². The molecule has 0 atom stereocenters. The van der Waals surface area contributed by atoms with Gasteiger partial charge in [-0.1, -0.05) is 29.3 Å². The summed E-state index contributed by atoms with van der Waals surface area (Å²) in [5, 5.41) is 1.99. The van der Waals surface area contributed by atoms with Crippen molar-refractivity contribution in [2.45, 2.75) is 20.3 Å². The summed E-state index contributed by atoms with van der Waals surface area (Å²) in [5.41, 5.74) is 1.19. The lowest BCUT2D eigenvalue weighted by Gasteiger charge is -2.04. The van der Waals surface area contributed by atoms with Crippen LogP contribution in [0.1, 0.15) is 32.9 Å². The van der Waals surface area contributed by atoms with E-state index in [9.17, 15) is 4.79 Å². The molecule has 0 aliphatic rings. The Morgan fingerprint density at radius 3 is 2.60 bits per heavy atom. The molecule has 1 heterocycles. The lowest BCUT2D eigenvalue weighted by atomic mass is 10.1. The van der Waals surface area contributed by atoms with Gasteiger partial charge in [-0.3, -0.25) is 0 Å². The van der Waals surface area contributed by atoms with Crippen LogP contribution in [0.25, 0.3) is 0 Å². The Bertz CT molecular complexity index is 620. The third-order valence-corrected chi connectivity index (χ3v) is 4.38. The van der Waals surface area contributed by atoms with E-state index in [1.54, 1.807) is 25.1 Å². The van der Waals surface area contributed by atoms with Crippen molar-refractivity contribution in [2.24, 2.45) is 0 Å². The van der Waals surface area contributed by atoms with Gasteiger partial charge >= 0.3 is 5.97 Å². The SMILES string of the molecule is CCOC(=O)c1nc(Cc2c(Cl)cccc2Cl)sc1C. The van der Waals surface area contributed by atoms with Crippen molar-refractivity contribution in [3.05, 3.63) is 49.4 Å². The molecule has 2 rings (SSSR count). The highest BCUT2D eigenvalue weighted by atomic mass is 35.5. The zero-order chi connectivity index (χ0) is 14.7. The third-order valence-electron chi connectivity index (χ3n) is 2.70. The molecule has 0 amide bonds. The number of ether oxygens (including phenoxy) is 1. The van der Waals surface area contributed by atoms with Crippen LogP contribution in [0.15, 0.2) is 18.2 Å². The van der Waals surface area contributed by atoms with Crippen molar-refractivity contribution < 1.29 is 9.53 Å². The predicted octanol–water partition coefficient (Wildman–Crippen LogP) is 4.53. The molecule has 0 spiro atoms. The number of aromatic nitrogens is 1. The summed E-state index contributed by atoms with van der Waals surface area (Å²) in [6, 6.07) is 5.37. The molecule has 0 saturated heterocycles. The van der Waals surface area contributed by atoms with E-state index in [2.05, 4.69) is 4.98 Å². The van der Waals surface area contributed by atoms with E-state index in [0.29, 0.717) is 28.8 Å². The van der Waals surface area contributed by atoms with Crippen molar-refractivity contribution in [1.82, 2.24) is 4.98 Å². The van der Waals surface area contributed by atoms with Gasteiger partial charge in [-0.15, -0.1) is 11.3 Å². The number of esters is 1. The van der Waals surface area contributed by atoms with Crippen LogP contribution in [0.3, 0.4) is 0 Å². The second-order valence-electron chi connectivity index (χ2n) is 4.11. The van der Waals surface area contributed by atoms with Gasteiger partial charge in [0.1, 0.15) is 0 Å². The minimum atomic E-state index is -0.391. The number of hydrogen-bond acceptors (Lipinski definition) is 4. The molecular weight excluding hydrogens is 317 g/mol. The summed E-state index contributed by atoms with van der Waals surface area (Å²) < 4.78 is 4.97. The lowest BCUT2D eigenvalue weighted by Crippen LogP contribution is -2.06. The van der Waals surface area contributed by atoms with Gasteiger partial charge in [0.15, 0.2) is 5.69 Å². The fourth-order valence-corrected chi connectivity index (χ4v) is 3.23. The first-order chi connectivity index (χ1) is 9.52. The Kier molecular flexibility index (Phi) is 5.02. The Morgan fingerprint density at radius 2 is 2.00 bits per heavy atom. The van der Waals surface area contributed by atoms with Crippen molar-refractivity contribution in [1.29, 1.82) is 0 Å². The Labute approximate surface area is 131 Å². The molecule has 0 aliphatic carbocycles. The maximum atomic E-state index is 11.7. The number of nitrogens with zero attached hydrogens (tertiary/aromatic N) is 1. The van der Waals surface area contributed by atoms with Crippen LogP contribution in [-0.2, 0) is 11.2 Å². The Hall–Kier alpha value is -1.10. The first-order valence-electron chi connectivity index (χ1n) is 6.09. The Morgan fingerprint density at radius 1 is 1.35 bits per heavy atom. The van der Waals surface area contributed by atoms with Crippen LogP contribution in [0.2, 0.25) is 10.0 Å². The molecule has 0 fully saturated rings. The van der Waals surface area contributed by atoms with Gasteiger partial charge in [-0.05, 0) is 31.5 Å². The molecule has 20 heavy (non-hydrogen) atoms. The third kappa shape index (κ3) is 3.32. The zero-order valence-corrected chi connectivity index (χ0v) is 13.4. The topological polar surface area (TPSA) is 39.2 Å². The van der Waals surface area contributed by atoms with E-state index in [1.165, 1.54) is 11.3 Å². The summed E-state index contributed by atoms with van der Waals surface area (Å²) in [7, 11) is 0. The lowest BCUT2D eigenvalue weighted by molar-refractivity contribution is 0.0519. The van der Waals surface area contributed by atoms with Crippen LogP contribution in [0.5, 0.6) is 0 Å². The summed E-state index contributed by atoms with van der Waals surface area (Å²) in [5.74, 6) is -0.391. The summed E-state index contributed by atoms with van der Waals surface area (Å²) in [6.45, 7) is 3.95. The fraction of sp³-hybridized carbons (Fsp3) is 0.286. The van der Waals surface area contributed by atoms with Gasteiger partial charge in [0.05, 0.1) is 11.6 Å². The van der Waals surface area contributed by atoms with E-state index in [0.717, 1.165) is 15.4 Å². The van der Waals surface area contributed by atoms with E-state index in [-0.39, 0.29) is 0 Å². The van der Waals surface area contributed by atoms with E-state index in [4.69, 9.17) is 27.9 Å². The molecule has 6 heteroatoms. The highest BCUT2D eigenvalue weighted by molar-refractivity contribution is 7.11. The predicted molar refractivity (Wildman–Crippen MR) is 82.1 cm³/mol. The maximum Gasteiger partial charge on any atom is 0.358 e. The zero-order valence-electron chi connectivity index (χ0n) is 11.1. The number of thiazole rings is 1. The second kappa shape index (κ2) is 6.57. The second-order valence-corrected chi connectivity index (χ2v) is 6.21. The molecule has 0 radical (unpaired) electrons. The molecule has 0 N–H and O–H groups in total. The minimum Gasteiger partial charge on any atom is -0.461 e. The molecule has 1 aromatic heterocycles. The largest absolute Gasteiger partial charge is 0.461 e. The Balaban J connectivity index is 2.27. The van der Waals surface area contributed by atoms with Crippen LogP contribution < -0.4 is 0 Å². The number of hydrogen-bond donors (Lipinski definition) is 0. The molecule has 3 nitrogen and oxygen atoms in total. The molecule has 0 unspecified atom stereocenters.